The molecule has 0 spiro atoms. The van der Waals surface area contributed by atoms with Gasteiger partial charge in [-0.3, -0.25) is 0 Å². The molecule has 106 valence electrons. The number of halogens is 3. The molecule has 4 nitrogen and oxygen atoms in total. The molecule has 0 atom stereocenters. The predicted octanol–water partition coefficient (Wildman–Crippen LogP) is 4.66. The maximum Gasteiger partial charge on any atom is 0.336 e. The van der Waals surface area contributed by atoms with Crippen LogP contribution in [0.2, 0.25) is 0 Å². The number of carboxylic acid groups (broad SMARTS) is 1. The highest BCUT2D eigenvalue weighted by Crippen LogP contribution is 2.30. The lowest BCUT2D eigenvalue weighted by Crippen LogP contribution is -2.01. The largest absolute Gasteiger partial charge is 0.478 e. The fourth-order valence-electron chi connectivity index (χ4n) is 1.65. The third-order valence-corrected chi connectivity index (χ3v) is 4.15. The van der Waals surface area contributed by atoms with Gasteiger partial charge in [0.1, 0.15) is 6.07 Å². The average Bonchev–Trinajstić information content (AvgIpc) is 2.46. The molecule has 0 aromatic heterocycles. The number of benzene rings is 2. The summed E-state index contributed by atoms with van der Waals surface area (Å²) < 4.78 is 14.6. The highest BCUT2D eigenvalue weighted by Gasteiger charge is 2.13. The molecule has 0 radical (unpaired) electrons. The van der Waals surface area contributed by atoms with Crippen molar-refractivity contribution < 1.29 is 14.3 Å². The van der Waals surface area contributed by atoms with Gasteiger partial charge in [0.05, 0.1) is 21.3 Å². The standard InChI is InChI=1S/C14H7Br2FN2O2/c15-10-3-2-8(5-9(10)14(20)21)19-11-4-1-7(6-18)12(16)13(11)17/h1-5,19H,(H,20,21). The zero-order valence-corrected chi connectivity index (χ0v) is 13.5. The van der Waals surface area contributed by atoms with E-state index in [1.54, 1.807) is 12.1 Å². The minimum Gasteiger partial charge on any atom is -0.478 e. The lowest BCUT2D eigenvalue weighted by molar-refractivity contribution is 0.0696. The van der Waals surface area contributed by atoms with Crippen LogP contribution in [0.4, 0.5) is 15.8 Å². The van der Waals surface area contributed by atoms with Gasteiger partial charge in [0.15, 0.2) is 5.82 Å². The molecular formula is C14H7Br2FN2O2. The van der Waals surface area contributed by atoms with E-state index in [-0.39, 0.29) is 21.3 Å². The number of nitrogens with one attached hydrogen (secondary N) is 1. The number of nitrogens with zero attached hydrogens (tertiary/aromatic N) is 1. The van der Waals surface area contributed by atoms with E-state index in [0.717, 1.165) is 0 Å². The van der Waals surface area contributed by atoms with Crippen molar-refractivity contribution in [1.29, 1.82) is 5.26 Å². The predicted molar refractivity (Wildman–Crippen MR) is 83.2 cm³/mol. The molecule has 7 heteroatoms. The number of hydrogen-bond donors (Lipinski definition) is 2. The summed E-state index contributed by atoms with van der Waals surface area (Å²) in [5.74, 6) is -1.71. The molecule has 0 aliphatic rings. The van der Waals surface area contributed by atoms with Crippen molar-refractivity contribution in [3.8, 4) is 6.07 Å². The molecule has 0 aliphatic heterocycles. The summed E-state index contributed by atoms with van der Waals surface area (Å²) in [7, 11) is 0. The Morgan fingerprint density at radius 1 is 1.29 bits per heavy atom. The first-order valence-corrected chi connectivity index (χ1v) is 7.20. The molecule has 21 heavy (non-hydrogen) atoms. The number of carbonyl (C=O) groups is 1. The maximum atomic E-state index is 14.1. The Kier molecular flexibility index (Phi) is 4.60. The Morgan fingerprint density at radius 2 is 2.00 bits per heavy atom. The van der Waals surface area contributed by atoms with Gasteiger partial charge >= 0.3 is 5.97 Å². The van der Waals surface area contributed by atoms with Crippen LogP contribution in [-0.4, -0.2) is 11.1 Å². The fourth-order valence-corrected chi connectivity index (χ4v) is 2.51. The van der Waals surface area contributed by atoms with Crippen molar-refractivity contribution in [1.82, 2.24) is 0 Å². The zero-order chi connectivity index (χ0) is 15.6. The Morgan fingerprint density at radius 3 is 2.62 bits per heavy atom. The maximum absolute atomic E-state index is 14.1. The van der Waals surface area contributed by atoms with E-state index in [1.807, 2.05) is 6.07 Å². The van der Waals surface area contributed by atoms with E-state index in [9.17, 15) is 9.18 Å². The van der Waals surface area contributed by atoms with Crippen LogP contribution in [-0.2, 0) is 0 Å². The number of hydrogen-bond acceptors (Lipinski definition) is 3. The van der Waals surface area contributed by atoms with Gasteiger partial charge in [-0.05, 0) is 62.2 Å². The Labute approximate surface area is 136 Å². The van der Waals surface area contributed by atoms with E-state index in [1.165, 1.54) is 18.2 Å². The quantitative estimate of drug-likeness (QED) is 0.767. The van der Waals surface area contributed by atoms with Crippen LogP contribution in [0.5, 0.6) is 0 Å². The molecule has 0 saturated carbocycles. The van der Waals surface area contributed by atoms with Crippen molar-refractivity contribution in [3.05, 3.63) is 56.2 Å². The minimum atomic E-state index is -1.09. The first-order chi connectivity index (χ1) is 9.93. The van der Waals surface area contributed by atoms with Crippen LogP contribution in [0.15, 0.2) is 39.3 Å². The molecule has 2 rings (SSSR count). The van der Waals surface area contributed by atoms with E-state index >= 15 is 0 Å². The van der Waals surface area contributed by atoms with Crippen LogP contribution < -0.4 is 5.32 Å². The zero-order valence-electron chi connectivity index (χ0n) is 10.3. The molecule has 2 aromatic carbocycles. The molecule has 0 heterocycles. The summed E-state index contributed by atoms with van der Waals surface area (Å²) in [6.45, 7) is 0. The number of rotatable bonds is 3. The number of anilines is 2. The average molecular weight is 414 g/mol. The van der Waals surface area contributed by atoms with Gasteiger partial charge < -0.3 is 10.4 Å². The van der Waals surface area contributed by atoms with Gasteiger partial charge in [-0.15, -0.1) is 0 Å². The van der Waals surface area contributed by atoms with Crippen molar-refractivity contribution in [3.63, 3.8) is 0 Å². The Balaban J connectivity index is 2.40. The number of carboxylic acids is 1. The van der Waals surface area contributed by atoms with Gasteiger partial charge in [0.2, 0.25) is 0 Å². The minimum absolute atomic E-state index is 0.0607. The monoisotopic (exact) mass is 412 g/mol. The third kappa shape index (κ3) is 3.23. The van der Waals surface area contributed by atoms with Gasteiger partial charge in [-0.1, -0.05) is 0 Å². The normalized spacial score (nSPS) is 10.0. The first kappa shape index (κ1) is 15.5. The lowest BCUT2D eigenvalue weighted by atomic mass is 10.1. The molecule has 0 aliphatic carbocycles. The second kappa shape index (κ2) is 6.24. The van der Waals surface area contributed by atoms with Crippen molar-refractivity contribution in [2.45, 2.75) is 0 Å². The molecule has 0 saturated heterocycles. The fraction of sp³-hybridized carbons (Fsp3) is 0. The number of aromatic carboxylic acids is 1. The van der Waals surface area contributed by atoms with Crippen molar-refractivity contribution in [2.24, 2.45) is 0 Å². The molecule has 0 fully saturated rings. The van der Waals surface area contributed by atoms with Crippen molar-refractivity contribution >= 4 is 49.2 Å². The summed E-state index contributed by atoms with van der Waals surface area (Å²) in [5, 5.41) is 20.6. The van der Waals surface area contributed by atoms with Crippen LogP contribution in [0.25, 0.3) is 0 Å². The molecule has 0 amide bonds. The summed E-state index contributed by atoms with van der Waals surface area (Å²) in [6, 6.07) is 9.30. The lowest BCUT2D eigenvalue weighted by Gasteiger charge is -2.10. The Bertz CT molecular complexity index is 772. The summed E-state index contributed by atoms with van der Waals surface area (Å²) in [6.07, 6.45) is 0. The summed E-state index contributed by atoms with van der Waals surface area (Å²) in [5.41, 5.74) is 0.804. The Hall–Kier alpha value is -1.91. The van der Waals surface area contributed by atoms with Crippen LogP contribution >= 0.6 is 31.9 Å². The topological polar surface area (TPSA) is 73.1 Å². The van der Waals surface area contributed by atoms with Gasteiger partial charge in [-0.2, -0.15) is 5.26 Å². The van der Waals surface area contributed by atoms with Gasteiger partial charge in [0, 0.05) is 10.2 Å². The molecule has 2 aromatic rings. The second-order valence-electron chi connectivity index (χ2n) is 4.03. The number of nitriles is 1. The summed E-state index contributed by atoms with van der Waals surface area (Å²) in [4.78, 5) is 11.1. The SMILES string of the molecule is N#Cc1ccc(Nc2ccc(Br)c(C(=O)O)c2)c(F)c1Br. The van der Waals surface area contributed by atoms with E-state index in [0.29, 0.717) is 10.2 Å². The van der Waals surface area contributed by atoms with E-state index < -0.39 is 11.8 Å². The van der Waals surface area contributed by atoms with Crippen LogP contribution in [0, 0.1) is 17.1 Å². The smallest absolute Gasteiger partial charge is 0.336 e. The molecular weight excluding hydrogens is 407 g/mol. The highest BCUT2D eigenvalue weighted by atomic mass is 79.9. The molecule has 0 bridgehead atoms. The third-order valence-electron chi connectivity index (χ3n) is 2.68. The van der Waals surface area contributed by atoms with Crippen LogP contribution in [0.1, 0.15) is 15.9 Å². The van der Waals surface area contributed by atoms with Crippen LogP contribution in [0.3, 0.4) is 0 Å². The second-order valence-corrected chi connectivity index (χ2v) is 5.67. The van der Waals surface area contributed by atoms with E-state index in [4.69, 9.17) is 10.4 Å². The molecule has 2 N–H and O–H groups in total. The first-order valence-electron chi connectivity index (χ1n) is 5.62. The van der Waals surface area contributed by atoms with Gasteiger partial charge in [0.25, 0.3) is 0 Å². The summed E-state index contributed by atoms with van der Waals surface area (Å²) >= 11 is 6.15. The van der Waals surface area contributed by atoms with E-state index in [2.05, 4.69) is 37.2 Å². The van der Waals surface area contributed by atoms with Gasteiger partial charge in [-0.25, -0.2) is 9.18 Å². The van der Waals surface area contributed by atoms with Crippen molar-refractivity contribution in [2.75, 3.05) is 5.32 Å². The molecule has 0 unspecified atom stereocenters. The highest BCUT2D eigenvalue weighted by molar-refractivity contribution is 9.10.